The molecule has 0 aromatic heterocycles. The predicted molar refractivity (Wildman–Crippen MR) is 42.8 cm³/mol. The van der Waals surface area contributed by atoms with Crippen LogP contribution >= 0.6 is 0 Å². The Morgan fingerprint density at radius 3 is 2.60 bits per heavy atom. The third-order valence-corrected chi connectivity index (χ3v) is 2.11. The second-order valence-electron chi connectivity index (χ2n) is 3.14. The minimum absolute atomic E-state index is 0.111. The van der Waals surface area contributed by atoms with E-state index < -0.39 is 0 Å². The summed E-state index contributed by atoms with van der Waals surface area (Å²) >= 11 is 0. The topological polar surface area (TPSA) is 20.2 Å². The van der Waals surface area contributed by atoms with Crippen molar-refractivity contribution < 1.29 is 5.11 Å². The third-order valence-electron chi connectivity index (χ3n) is 2.11. The summed E-state index contributed by atoms with van der Waals surface area (Å²) in [4.78, 5) is 0. The number of aliphatic hydroxyl groups excluding tert-OH is 1. The van der Waals surface area contributed by atoms with Crippen LogP contribution < -0.4 is 0 Å². The van der Waals surface area contributed by atoms with Gasteiger partial charge in [-0.1, -0.05) is 25.3 Å². The van der Waals surface area contributed by atoms with Crippen LogP contribution in [0.2, 0.25) is 0 Å². The van der Waals surface area contributed by atoms with E-state index in [2.05, 4.69) is 13.8 Å². The average Bonchev–Trinajstić information content (AvgIpc) is 2.62. The Morgan fingerprint density at radius 1 is 1.60 bits per heavy atom. The molecule has 1 aliphatic carbocycles. The fourth-order valence-corrected chi connectivity index (χ4v) is 1.22. The third kappa shape index (κ3) is 1.84. The molecule has 0 fully saturated rings. The molecule has 1 rings (SSSR count). The molecular formula is C9H16O. The van der Waals surface area contributed by atoms with Gasteiger partial charge < -0.3 is 5.11 Å². The van der Waals surface area contributed by atoms with Gasteiger partial charge in [0.2, 0.25) is 0 Å². The highest BCUT2D eigenvalue weighted by Gasteiger charge is 2.23. The van der Waals surface area contributed by atoms with Crippen molar-refractivity contribution in [1.82, 2.24) is 0 Å². The van der Waals surface area contributed by atoms with Crippen LogP contribution in [0.1, 0.15) is 39.5 Å². The van der Waals surface area contributed by atoms with Crippen LogP contribution in [0.5, 0.6) is 0 Å². The molecule has 1 N–H and O–H groups in total. The van der Waals surface area contributed by atoms with Crippen LogP contribution in [0.3, 0.4) is 0 Å². The summed E-state index contributed by atoms with van der Waals surface area (Å²) in [5.41, 5.74) is 2.71. The van der Waals surface area contributed by atoms with Gasteiger partial charge in [-0.3, -0.25) is 0 Å². The van der Waals surface area contributed by atoms with Gasteiger partial charge in [0, 0.05) is 0 Å². The zero-order chi connectivity index (χ0) is 7.56. The molecule has 1 nitrogen and oxygen atoms in total. The molecule has 0 radical (unpaired) electrons. The van der Waals surface area contributed by atoms with Crippen molar-refractivity contribution in [1.29, 1.82) is 0 Å². The van der Waals surface area contributed by atoms with E-state index in [1.165, 1.54) is 17.6 Å². The lowest BCUT2D eigenvalue weighted by atomic mass is 10.1. The molecular weight excluding hydrogens is 124 g/mol. The average molecular weight is 140 g/mol. The molecule has 0 saturated carbocycles. The molecule has 0 bridgehead atoms. The van der Waals surface area contributed by atoms with Crippen molar-refractivity contribution in [2.45, 2.75) is 45.6 Å². The largest absolute Gasteiger partial charge is 0.389 e. The van der Waals surface area contributed by atoms with Crippen LogP contribution in [0.15, 0.2) is 11.1 Å². The first-order chi connectivity index (χ1) is 4.75. The second kappa shape index (κ2) is 3.20. The molecule has 1 atom stereocenters. The molecule has 0 aromatic rings. The number of rotatable bonds is 4. The molecule has 1 heteroatoms. The van der Waals surface area contributed by atoms with Gasteiger partial charge in [0.15, 0.2) is 0 Å². The molecule has 1 unspecified atom stereocenters. The predicted octanol–water partition coefficient (Wildman–Crippen LogP) is 2.26. The second-order valence-corrected chi connectivity index (χ2v) is 3.14. The molecule has 0 saturated heterocycles. The van der Waals surface area contributed by atoms with Gasteiger partial charge in [0.05, 0.1) is 6.10 Å². The highest BCUT2D eigenvalue weighted by molar-refractivity contribution is 5.35. The Balaban J connectivity index is 2.17. The maximum absolute atomic E-state index is 9.43. The van der Waals surface area contributed by atoms with E-state index in [1.807, 2.05) is 0 Å². The Morgan fingerprint density at radius 2 is 2.20 bits per heavy atom. The van der Waals surface area contributed by atoms with Crippen molar-refractivity contribution in [2.75, 3.05) is 0 Å². The molecule has 0 heterocycles. The minimum atomic E-state index is -0.111. The normalized spacial score (nSPS) is 19.5. The standard InChI is InChI=1S/C9H16O/c1-3-4-5-9(10)8-6-7(8)2/h9-10H,3-6H2,1-2H3. The highest BCUT2D eigenvalue weighted by atomic mass is 16.3. The van der Waals surface area contributed by atoms with Gasteiger partial charge >= 0.3 is 0 Å². The maximum atomic E-state index is 9.43. The van der Waals surface area contributed by atoms with Gasteiger partial charge in [-0.25, -0.2) is 0 Å². The van der Waals surface area contributed by atoms with E-state index >= 15 is 0 Å². The molecule has 0 aliphatic heterocycles. The first-order valence-electron chi connectivity index (χ1n) is 4.12. The monoisotopic (exact) mass is 140 g/mol. The van der Waals surface area contributed by atoms with E-state index in [0.717, 1.165) is 19.3 Å². The highest BCUT2D eigenvalue weighted by Crippen LogP contribution is 2.34. The van der Waals surface area contributed by atoms with E-state index in [0.29, 0.717) is 0 Å². The molecule has 10 heavy (non-hydrogen) atoms. The molecule has 0 amide bonds. The Hall–Kier alpha value is -0.300. The van der Waals surface area contributed by atoms with Gasteiger partial charge in [-0.2, -0.15) is 0 Å². The first-order valence-corrected chi connectivity index (χ1v) is 4.12. The summed E-state index contributed by atoms with van der Waals surface area (Å²) in [6.07, 6.45) is 4.27. The molecule has 58 valence electrons. The van der Waals surface area contributed by atoms with Crippen molar-refractivity contribution in [3.8, 4) is 0 Å². The van der Waals surface area contributed by atoms with E-state index in [-0.39, 0.29) is 6.10 Å². The summed E-state index contributed by atoms with van der Waals surface area (Å²) < 4.78 is 0. The van der Waals surface area contributed by atoms with Crippen molar-refractivity contribution in [3.05, 3.63) is 11.1 Å². The van der Waals surface area contributed by atoms with E-state index in [4.69, 9.17) is 0 Å². The first kappa shape index (κ1) is 7.80. The fourth-order valence-electron chi connectivity index (χ4n) is 1.22. The SMILES string of the molecule is CCCCC(O)C1=C(C)C1. The number of hydrogen-bond acceptors (Lipinski definition) is 1. The Bertz CT molecular complexity index is 147. The summed E-state index contributed by atoms with van der Waals surface area (Å²) in [6, 6.07) is 0. The lowest BCUT2D eigenvalue weighted by Crippen LogP contribution is -2.03. The summed E-state index contributed by atoms with van der Waals surface area (Å²) in [7, 11) is 0. The molecule has 0 spiro atoms. The van der Waals surface area contributed by atoms with Crippen LogP contribution in [0, 0.1) is 0 Å². The summed E-state index contributed by atoms with van der Waals surface area (Å²) in [5.74, 6) is 0. The van der Waals surface area contributed by atoms with Gasteiger partial charge in [0.25, 0.3) is 0 Å². The number of unbranched alkanes of at least 4 members (excludes halogenated alkanes) is 1. The van der Waals surface area contributed by atoms with Gasteiger partial charge in [0.1, 0.15) is 0 Å². The van der Waals surface area contributed by atoms with Crippen molar-refractivity contribution in [3.63, 3.8) is 0 Å². The Labute approximate surface area is 62.8 Å². The van der Waals surface area contributed by atoms with Gasteiger partial charge in [-0.15, -0.1) is 0 Å². The van der Waals surface area contributed by atoms with E-state index in [9.17, 15) is 5.11 Å². The smallest absolute Gasteiger partial charge is 0.0755 e. The van der Waals surface area contributed by atoms with E-state index in [1.54, 1.807) is 0 Å². The minimum Gasteiger partial charge on any atom is -0.389 e. The van der Waals surface area contributed by atoms with Gasteiger partial charge in [-0.05, 0) is 25.3 Å². The van der Waals surface area contributed by atoms with Crippen LogP contribution in [-0.2, 0) is 0 Å². The number of aliphatic hydroxyl groups is 1. The van der Waals surface area contributed by atoms with Crippen LogP contribution in [0.4, 0.5) is 0 Å². The quantitative estimate of drug-likeness (QED) is 0.594. The summed E-state index contributed by atoms with van der Waals surface area (Å²) in [5, 5.41) is 9.43. The fraction of sp³-hybridized carbons (Fsp3) is 0.778. The maximum Gasteiger partial charge on any atom is 0.0755 e. The zero-order valence-electron chi connectivity index (χ0n) is 6.85. The zero-order valence-corrected chi connectivity index (χ0v) is 6.85. The van der Waals surface area contributed by atoms with Crippen LogP contribution in [-0.4, -0.2) is 11.2 Å². The molecule has 0 aromatic carbocycles. The van der Waals surface area contributed by atoms with Crippen LogP contribution in [0.25, 0.3) is 0 Å². The summed E-state index contributed by atoms with van der Waals surface area (Å²) in [6.45, 7) is 4.26. The van der Waals surface area contributed by atoms with Crippen molar-refractivity contribution in [2.24, 2.45) is 0 Å². The number of allylic oxidation sites excluding steroid dienone is 1. The lowest BCUT2D eigenvalue weighted by molar-refractivity contribution is 0.201. The molecule has 1 aliphatic rings. The Kier molecular flexibility index (Phi) is 2.50. The number of hydrogen-bond donors (Lipinski definition) is 1. The van der Waals surface area contributed by atoms with Crippen molar-refractivity contribution >= 4 is 0 Å². The lowest BCUT2D eigenvalue weighted by Gasteiger charge is -2.03.